The third-order valence-electron chi connectivity index (χ3n) is 4.02. The van der Waals surface area contributed by atoms with Crippen LogP contribution < -0.4 is 5.01 Å². The highest BCUT2D eigenvalue weighted by atomic mass is 16.6. The highest BCUT2D eigenvalue weighted by Crippen LogP contribution is 2.38. The first-order valence-corrected chi connectivity index (χ1v) is 6.43. The summed E-state index contributed by atoms with van der Waals surface area (Å²) in [6.45, 7) is 0. The molecule has 19 heavy (non-hydrogen) atoms. The van der Waals surface area contributed by atoms with E-state index in [0.29, 0.717) is 6.04 Å². The van der Waals surface area contributed by atoms with Gasteiger partial charge < -0.3 is 0 Å². The van der Waals surface area contributed by atoms with Gasteiger partial charge in [-0.15, -0.1) is 0 Å². The molecule has 1 saturated carbocycles. The zero-order valence-corrected chi connectivity index (χ0v) is 10.4. The van der Waals surface area contributed by atoms with Crippen LogP contribution in [0.4, 0.5) is 11.4 Å². The molecule has 0 atom stereocenters. The van der Waals surface area contributed by atoms with Crippen molar-refractivity contribution >= 4 is 11.4 Å². The maximum absolute atomic E-state index is 10.7. The highest BCUT2D eigenvalue weighted by molar-refractivity contribution is 5.52. The van der Waals surface area contributed by atoms with Crippen molar-refractivity contribution in [2.75, 3.05) is 5.01 Å². The van der Waals surface area contributed by atoms with Crippen molar-refractivity contribution in [1.29, 1.82) is 5.26 Å². The summed E-state index contributed by atoms with van der Waals surface area (Å²) < 4.78 is 0. The van der Waals surface area contributed by atoms with Crippen LogP contribution in [0, 0.1) is 21.6 Å². The van der Waals surface area contributed by atoms with Crippen molar-refractivity contribution in [3.63, 3.8) is 0 Å². The van der Waals surface area contributed by atoms with Crippen molar-refractivity contribution in [2.45, 2.75) is 37.8 Å². The standard InChI is InChI=1S/C13H14N4O2/c14-9-15-10-1-3-11(4-2-10)16(15)12-5-7-13(8-6-12)17(18)19/h5-8,10-11H,1-4H2. The summed E-state index contributed by atoms with van der Waals surface area (Å²) in [5.74, 6) is 0. The number of nitro groups is 1. The van der Waals surface area contributed by atoms with E-state index in [1.807, 2.05) is 5.01 Å². The Labute approximate surface area is 111 Å². The number of rotatable bonds is 2. The molecule has 1 aliphatic carbocycles. The lowest BCUT2D eigenvalue weighted by molar-refractivity contribution is -0.384. The fourth-order valence-corrected chi connectivity index (χ4v) is 3.09. The number of hydrazine groups is 1. The average Bonchev–Trinajstić information content (AvgIpc) is 2.47. The lowest BCUT2D eigenvalue weighted by atomic mass is 9.87. The van der Waals surface area contributed by atoms with E-state index in [-0.39, 0.29) is 11.7 Å². The Kier molecular flexibility index (Phi) is 2.75. The molecule has 6 heteroatoms. The van der Waals surface area contributed by atoms with Gasteiger partial charge in [-0.05, 0) is 37.8 Å². The summed E-state index contributed by atoms with van der Waals surface area (Å²) >= 11 is 0. The van der Waals surface area contributed by atoms with Crippen LogP contribution in [0.15, 0.2) is 24.3 Å². The number of hydrogen-bond acceptors (Lipinski definition) is 5. The van der Waals surface area contributed by atoms with Crippen molar-refractivity contribution in [1.82, 2.24) is 5.01 Å². The topological polar surface area (TPSA) is 73.4 Å². The number of nitro benzene ring substituents is 1. The van der Waals surface area contributed by atoms with Gasteiger partial charge in [0.2, 0.25) is 0 Å². The number of benzene rings is 1. The predicted molar refractivity (Wildman–Crippen MR) is 69.1 cm³/mol. The summed E-state index contributed by atoms with van der Waals surface area (Å²) in [7, 11) is 0. The number of anilines is 1. The molecule has 0 N–H and O–H groups in total. The van der Waals surface area contributed by atoms with Crippen molar-refractivity contribution in [3.05, 3.63) is 34.4 Å². The highest BCUT2D eigenvalue weighted by Gasteiger charge is 2.40. The van der Waals surface area contributed by atoms with Gasteiger partial charge in [-0.25, -0.2) is 5.01 Å². The molecular formula is C13H14N4O2. The molecule has 1 aromatic rings. The van der Waals surface area contributed by atoms with Crippen LogP contribution in [0.2, 0.25) is 0 Å². The van der Waals surface area contributed by atoms with Gasteiger partial charge in [0.1, 0.15) is 0 Å². The fraction of sp³-hybridized carbons (Fsp3) is 0.462. The minimum absolute atomic E-state index is 0.0782. The van der Waals surface area contributed by atoms with Gasteiger partial charge >= 0.3 is 0 Å². The first kappa shape index (κ1) is 11.8. The van der Waals surface area contributed by atoms with Crippen molar-refractivity contribution in [3.8, 4) is 6.19 Å². The van der Waals surface area contributed by atoms with E-state index in [2.05, 4.69) is 6.19 Å². The Morgan fingerprint density at radius 1 is 1.16 bits per heavy atom. The molecule has 2 saturated heterocycles. The number of hydrogen-bond donors (Lipinski definition) is 0. The van der Waals surface area contributed by atoms with E-state index in [0.717, 1.165) is 31.4 Å². The predicted octanol–water partition coefficient (Wildman–Crippen LogP) is 2.42. The quantitative estimate of drug-likeness (QED) is 0.462. The summed E-state index contributed by atoms with van der Waals surface area (Å²) in [6, 6.07) is 7.06. The second-order valence-corrected chi connectivity index (χ2v) is 5.02. The van der Waals surface area contributed by atoms with E-state index < -0.39 is 4.92 Å². The Hall–Kier alpha value is -2.29. The third kappa shape index (κ3) is 1.87. The largest absolute Gasteiger partial charge is 0.273 e. The minimum atomic E-state index is -0.409. The summed E-state index contributed by atoms with van der Waals surface area (Å²) in [6.07, 6.45) is 6.53. The van der Waals surface area contributed by atoms with Gasteiger partial charge in [-0.3, -0.25) is 15.1 Å². The van der Waals surface area contributed by atoms with Crippen LogP contribution in [0.25, 0.3) is 0 Å². The number of non-ortho nitro benzene ring substituents is 1. The van der Waals surface area contributed by atoms with E-state index in [9.17, 15) is 15.4 Å². The number of nitriles is 1. The van der Waals surface area contributed by atoms with E-state index >= 15 is 0 Å². The van der Waals surface area contributed by atoms with Crippen LogP contribution in [0.1, 0.15) is 25.7 Å². The minimum Gasteiger partial charge on any atom is -0.273 e. The molecule has 0 amide bonds. The van der Waals surface area contributed by atoms with Crippen molar-refractivity contribution in [2.24, 2.45) is 0 Å². The molecule has 3 fully saturated rings. The Balaban J connectivity index is 1.92. The number of nitrogens with zero attached hydrogens (tertiary/aromatic N) is 4. The van der Waals surface area contributed by atoms with Crippen molar-refractivity contribution < 1.29 is 4.92 Å². The molecule has 98 valence electrons. The zero-order chi connectivity index (χ0) is 13.4. The fourth-order valence-electron chi connectivity index (χ4n) is 3.09. The molecule has 2 bridgehead atoms. The van der Waals surface area contributed by atoms with E-state index in [1.165, 1.54) is 12.1 Å². The summed E-state index contributed by atoms with van der Waals surface area (Å²) in [5, 5.41) is 23.7. The average molecular weight is 258 g/mol. The smallest absolute Gasteiger partial charge is 0.269 e. The maximum Gasteiger partial charge on any atom is 0.269 e. The molecule has 0 aromatic heterocycles. The Morgan fingerprint density at radius 2 is 1.74 bits per heavy atom. The zero-order valence-electron chi connectivity index (χ0n) is 10.4. The molecular weight excluding hydrogens is 244 g/mol. The lowest BCUT2D eigenvalue weighted by Gasteiger charge is -2.51. The monoisotopic (exact) mass is 258 g/mol. The molecule has 0 unspecified atom stereocenters. The molecule has 2 heterocycles. The van der Waals surface area contributed by atoms with Crippen LogP contribution >= 0.6 is 0 Å². The molecule has 4 rings (SSSR count). The Bertz CT molecular complexity index is 529. The third-order valence-corrected chi connectivity index (χ3v) is 4.02. The van der Waals surface area contributed by atoms with Crippen LogP contribution in [0.3, 0.4) is 0 Å². The van der Waals surface area contributed by atoms with E-state index in [1.54, 1.807) is 17.1 Å². The molecule has 3 aliphatic rings. The molecule has 6 nitrogen and oxygen atoms in total. The van der Waals surface area contributed by atoms with Crippen LogP contribution in [-0.4, -0.2) is 22.0 Å². The summed E-state index contributed by atoms with van der Waals surface area (Å²) in [4.78, 5) is 10.3. The summed E-state index contributed by atoms with van der Waals surface area (Å²) in [5.41, 5.74) is 0.941. The second-order valence-electron chi connectivity index (χ2n) is 5.02. The Morgan fingerprint density at radius 3 is 2.26 bits per heavy atom. The maximum atomic E-state index is 10.7. The van der Waals surface area contributed by atoms with Gasteiger partial charge in [0.25, 0.3) is 5.69 Å². The molecule has 0 radical (unpaired) electrons. The number of fused-ring (bicyclic) bond motifs is 3. The van der Waals surface area contributed by atoms with Gasteiger partial charge in [-0.1, -0.05) is 0 Å². The lowest BCUT2D eigenvalue weighted by Crippen LogP contribution is -2.59. The molecule has 1 aromatic carbocycles. The first-order valence-electron chi connectivity index (χ1n) is 6.43. The van der Waals surface area contributed by atoms with Gasteiger partial charge in [0.15, 0.2) is 6.19 Å². The van der Waals surface area contributed by atoms with Gasteiger partial charge in [0.05, 0.1) is 22.7 Å². The second kappa shape index (κ2) is 4.43. The van der Waals surface area contributed by atoms with Gasteiger partial charge in [-0.2, -0.15) is 5.26 Å². The molecule has 0 spiro atoms. The van der Waals surface area contributed by atoms with Crippen LogP contribution in [0.5, 0.6) is 0 Å². The normalized spacial score (nSPS) is 25.2. The SMILES string of the molecule is N#CN1C2CCC(CC2)N1c1ccc([N+](=O)[O-])cc1. The first-order chi connectivity index (χ1) is 9.20. The molecule has 2 aliphatic heterocycles. The van der Waals surface area contributed by atoms with E-state index in [4.69, 9.17) is 0 Å². The van der Waals surface area contributed by atoms with Crippen LogP contribution in [-0.2, 0) is 0 Å². The van der Waals surface area contributed by atoms with Gasteiger partial charge in [0, 0.05) is 12.1 Å².